The topological polar surface area (TPSA) is 104 Å². The van der Waals surface area contributed by atoms with E-state index in [4.69, 9.17) is 4.42 Å². The summed E-state index contributed by atoms with van der Waals surface area (Å²) in [6.45, 7) is -0.254. The number of nitrogens with one attached hydrogen (secondary N) is 2. The predicted molar refractivity (Wildman–Crippen MR) is 65.6 cm³/mol. The molecule has 7 heteroatoms. The van der Waals surface area contributed by atoms with Gasteiger partial charge in [0.2, 0.25) is 5.91 Å². The predicted octanol–water partition coefficient (Wildman–Crippen LogP) is 0.749. The van der Waals surface area contributed by atoms with Crippen LogP contribution in [0.2, 0.25) is 0 Å². The van der Waals surface area contributed by atoms with E-state index in [0.717, 1.165) is 0 Å². The number of hydrogen-bond acceptors (Lipinski definition) is 5. The molecule has 0 atom stereocenters. The van der Waals surface area contributed by atoms with Gasteiger partial charge in [-0.3, -0.25) is 9.59 Å². The monoisotopic (exact) mass is 261 g/mol. The number of aromatic hydroxyl groups is 1. The van der Waals surface area contributed by atoms with E-state index < -0.39 is 11.8 Å². The van der Waals surface area contributed by atoms with E-state index in [9.17, 15) is 14.7 Å². The van der Waals surface area contributed by atoms with Crippen LogP contribution in [0.25, 0.3) is 0 Å². The molecule has 0 aromatic carbocycles. The summed E-state index contributed by atoms with van der Waals surface area (Å²) in [4.78, 5) is 26.8. The highest BCUT2D eigenvalue weighted by Crippen LogP contribution is 2.17. The quantitative estimate of drug-likeness (QED) is 0.753. The lowest BCUT2D eigenvalue weighted by molar-refractivity contribution is -0.115. The van der Waals surface area contributed by atoms with Gasteiger partial charge in [-0.15, -0.1) is 0 Å². The Morgan fingerprint density at radius 2 is 2.16 bits per heavy atom. The van der Waals surface area contributed by atoms with Crippen LogP contribution >= 0.6 is 0 Å². The van der Waals surface area contributed by atoms with E-state index in [0.29, 0.717) is 0 Å². The molecule has 0 saturated carbocycles. The zero-order chi connectivity index (χ0) is 13.7. The van der Waals surface area contributed by atoms with Gasteiger partial charge in [0.1, 0.15) is 0 Å². The van der Waals surface area contributed by atoms with Gasteiger partial charge in [0.05, 0.1) is 12.8 Å². The number of carbonyl (C=O) groups is 2. The molecule has 98 valence electrons. The smallest absolute Gasteiger partial charge is 0.287 e. The molecule has 0 aliphatic carbocycles. The van der Waals surface area contributed by atoms with Crippen molar-refractivity contribution in [1.29, 1.82) is 0 Å². The van der Waals surface area contributed by atoms with E-state index in [2.05, 4.69) is 15.6 Å². The molecule has 0 aliphatic rings. The second-order valence-electron chi connectivity index (χ2n) is 3.58. The molecule has 3 N–H and O–H groups in total. The Morgan fingerprint density at radius 3 is 2.84 bits per heavy atom. The van der Waals surface area contributed by atoms with Gasteiger partial charge < -0.3 is 20.2 Å². The molecule has 7 nitrogen and oxygen atoms in total. The van der Waals surface area contributed by atoms with Crippen molar-refractivity contribution in [2.24, 2.45) is 0 Å². The van der Waals surface area contributed by atoms with Gasteiger partial charge in [-0.1, -0.05) is 0 Å². The van der Waals surface area contributed by atoms with Crippen LogP contribution in [0.4, 0.5) is 5.82 Å². The summed E-state index contributed by atoms with van der Waals surface area (Å²) >= 11 is 0. The van der Waals surface area contributed by atoms with Crippen molar-refractivity contribution >= 4 is 17.6 Å². The highest BCUT2D eigenvalue weighted by atomic mass is 16.3. The average Bonchev–Trinajstić information content (AvgIpc) is 2.93. The Kier molecular flexibility index (Phi) is 3.77. The maximum Gasteiger partial charge on any atom is 0.287 e. The van der Waals surface area contributed by atoms with E-state index in [1.165, 1.54) is 30.7 Å². The first-order valence-electron chi connectivity index (χ1n) is 5.42. The molecule has 0 aliphatic heterocycles. The van der Waals surface area contributed by atoms with Crippen LogP contribution < -0.4 is 10.6 Å². The fourth-order valence-electron chi connectivity index (χ4n) is 1.32. The molecule has 2 aromatic heterocycles. The fourth-order valence-corrected chi connectivity index (χ4v) is 1.32. The van der Waals surface area contributed by atoms with E-state index in [-0.39, 0.29) is 23.9 Å². The summed E-state index contributed by atoms with van der Waals surface area (Å²) < 4.78 is 4.87. The van der Waals surface area contributed by atoms with Crippen LogP contribution in [0.3, 0.4) is 0 Å². The number of furan rings is 1. The zero-order valence-corrected chi connectivity index (χ0v) is 9.79. The van der Waals surface area contributed by atoms with Crippen molar-refractivity contribution in [3.8, 4) is 5.75 Å². The Bertz CT molecular complexity index is 580. The number of anilines is 1. The lowest BCUT2D eigenvalue weighted by Crippen LogP contribution is -2.32. The molecule has 0 bridgehead atoms. The van der Waals surface area contributed by atoms with Crippen molar-refractivity contribution in [2.75, 3.05) is 11.9 Å². The summed E-state index contributed by atoms with van der Waals surface area (Å²) in [5.74, 6) is -0.985. The Hall–Kier alpha value is -2.83. The van der Waals surface area contributed by atoms with Crippen molar-refractivity contribution in [1.82, 2.24) is 10.3 Å². The number of pyridine rings is 1. The van der Waals surface area contributed by atoms with Crippen molar-refractivity contribution in [2.45, 2.75) is 0 Å². The third-order valence-corrected chi connectivity index (χ3v) is 2.20. The SMILES string of the molecule is O=C(CNC(=O)c1ccco1)Nc1ncccc1O. The van der Waals surface area contributed by atoms with Gasteiger partial charge in [0, 0.05) is 6.20 Å². The van der Waals surface area contributed by atoms with Crippen LogP contribution in [-0.2, 0) is 4.79 Å². The molecular formula is C12H11N3O4. The first kappa shape index (κ1) is 12.6. The minimum atomic E-state index is -0.506. The van der Waals surface area contributed by atoms with Crippen molar-refractivity contribution < 1.29 is 19.1 Å². The van der Waals surface area contributed by atoms with E-state index in [1.54, 1.807) is 6.07 Å². The fraction of sp³-hybridized carbons (Fsp3) is 0.0833. The van der Waals surface area contributed by atoms with Gasteiger partial charge in [-0.05, 0) is 24.3 Å². The molecule has 2 aromatic rings. The van der Waals surface area contributed by atoms with Crippen LogP contribution in [0.5, 0.6) is 5.75 Å². The number of nitrogens with zero attached hydrogens (tertiary/aromatic N) is 1. The van der Waals surface area contributed by atoms with Gasteiger partial charge in [0.25, 0.3) is 5.91 Å². The molecule has 0 saturated heterocycles. The van der Waals surface area contributed by atoms with Crippen LogP contribution in [-0.4, -0.2) is 28.4 Å². The largest absolute Gasteiger partial charge is 0.504 e. The van der Waals surface area contributed by atoms with Gasteiger partial charge >= 0.3 is 0 Å². The molecule has 2 amide bonds. The zero-order valence-electron chi connectivity index (χ0n) is 9.79. The highest BCUT2D eigenvalue weighted by molar-refractivity contribution is 5.98. The number of carbonyl (C=O) groups excluding carboxylic acids is 2. The molecular weight excluding hydrogens is 250 g/mol. The normalized spacial score (nSPS) is 9.89. The Labute approximate surface area is 108 Å². The number of aromatic nitrogens is 1. The lowest BCUT2D eigenvalue weighted by atomic mass is 10.4. The summed E-state index contributed by atoms with van der Waals surface area (Å²) in [6.07, 6.45) is 2.79. The third kappa shape index (κ3) is 3.32. The van der Waals surface area contributed by atoms with Gasteiger partial charge in [-0.25, -0.2) is 4.98 Å². The molecule has 2 heterocycles. The van der Waals surface area contributed by atoms with Crippen LogP contribution in [0, 0.1) is 0 Å². The standard InChI is InChI=1S/C12H11N3O4/c16-8-3-1-5-13-11(8)15-10(17)7-14-12(18)9-4-2-6-19-9/h1-6,16H,7H2,(H,14,18)(H,13,15,17). The van der Waals surface area contributed by atoms with Gasteiger partial charge in [-0.2, -0.15) is 0 Å². The minimum Gasteiger partial charge on any atom is -0.504 e. The minimum absolute atomic E-state index is 0.0414. The second-order valence-corrected chi connectivity index (χ2v) is 3.58. The van der Waals surface area contributed by atoms with Crippen LogP contribution in [0.15, 0.2) is 41.1 Å². The van der Waals surface area contributed by atoms with Crippen molar-refractivity contribution in [3.63, 3.8) is 0 Å². The first-order chi connectivity index (χ1) is 9.16. The molecule has 2 rings (SSSR count). The van der Waals surface area contributed by atoms with E-state index >= 15 is 0 Å². The Morgan fingerprint density at radius 1 is 1.32 bits per heavy atom. The summed E-state index contributed by atoms with van der Waals surface area (Å²) in [6, 6.07) is 5.98. The molecule has 0 spiro atoms. The summed E-state index contributed by atoms with van der Waals surface area (Å²) in [7, 11) is 0. The Balaban J connectivity index is 1.86. The van der Waals surface area contributed by atoms with E-state index in [1.807, 2.05) is 0 Å². The summed E-state index contributed by atoms with van der Waals surface area (Å²) in [5.41, 5.74) is 0. The van der Waals surface area contributed by atoms with Crippen molar-refractivity contribution in [3.05, 3.63) is 42.5 Å². The lowest BCUT2D eigenvalue weighted by Gasteiger charge is -2.06. The van der Waals surface area contributed by atoms with Crippen LogP contribution in [0.1, 0.15) is 10.6 Å². The number of hydrogen-bond donors (Lipinski definition) is 3. The average molecular weight is 261 g/mol. The molecule has 0 fully saturated rings. The number of rotatable bonds is 4. The van der Waals surface area contributed by atoms with Gasteiger partial charge in [0.15, 0.2) is 17.3 Å². The highest BCUT2D eigenvalue weighted by Gasteiger charge is 2.11. The third-order valence-electron chi connectivity index (χ3n) is 2.20. The second kappa shape index (κ2) is 5.67. The maximum absolute atomic E-state index is 11.5. The molecule has 19 heavy (non-hydrogen) atoms. The first-order valence-corrected chi connectivity index (χ1v) is 5.42. The molecule has 0 unspecified atom stereocenters. The summed E-state index contributed by atoms with van der Waals surface area (Å²) in [5, 5.41) is 14.1. The number of amides is 2. The molecule has 0 radical (unpaired) electrons. The maximum atomic E-state index is 11.5.